The molecule has 1 unspecified atom stereocenters. The minimum absolute atomic E-state index is 0.266. The second kappa shape index (κ2) is 4.06. The molecule has 0 saturated carbocycles. The van der Waals surface area contributed by atoms with Crippen molar-refractivity contribution in [2.75, 3.05) is 0 Å². The summed E-state index contributed by atoms with van der Waals surface area (Å²) in [5.74, 6) is 4.95. The van der Waals surface area contributed by atoms with Gasteiger partial charge in [0.15, 0.2) is 0 Å². The van der Waals surface area contributed by atoms with Crippen molar-refractivity contribution in [2.24, 2.45) is 0 Å². The summed E-state index contributed by atoms with van der Waals surface area (Å²) in [7, 11) is 0. The maximum Gasteiger partial charge on any atom is 0.127 e. The molecule has 0 aromatic heterocycles. The summed E-state index contributed by atoms with van der Waals surface area (Å²) in [6.45, 7) is 3.26. The third-order valence-electron chi connectivity index (χ3n) is 1.60. The Hall–Kier alpha value is -1.33. The van der Waals surface area contributed by atoms with E-state index in [0.717, 1.165) is 0 Å². The first-order valence-electron chi connectivity index (χ1n) is 4.05. The molecule has 1 aromatic carbocycles. The van der Waals surface area contributed by atoms with Gasteiger partial charge in [0.05, 0.1) is 0 Å². The summed E-state index contributed by atoms with van der Waals surface area (Å²) in [6.07, 6.45) is -0.677. The van der Waals surface area contributed by atoms with Gasteiger partial charge < -0.3 is 5.11 Å². The zero-order chi connectivity index (χ0) is 9.84. The van der Waals surface area contributed by atoms with E-state index in [0.29, 0.717) is 11.1 Å². The lowest BCUT2D eigenvalue weighted by Crippen LogP contribution is -1.93. The third-order valence-corrected chi connectivity index (χ3v) is 1.60. The summed E-state index contributed by atoms with van der Waals surface area (Å²) < 4.78 is 13.0. The second-order valence-electron chi connectivity index (χ2n) is 2.91. The minimum atomic E-state index is -0.677. The quantitative estimate of drug-likeness (QED) is 0.601. The molecule has 0 fully saturated rings. The van der Waals surface area contributed by atoms with Crippen molar-refractivity contribution in [2.45, 2.75) is 20.0 Å². The van der Waals surface area contributed by atoms with Crippen LogP contribution in [0.2, 0.25) is 0 Å². The highest BCUT2D eigenvalue weighted by molar-refractivity contribution is 5.37. The summed E-state index contributed by atoms with van der Waals surface area (Å²) in [5, 5.41) is 8.87. The van der Waals surface area contributed by atoms with Gasteiger partial charge in [-0.1, -0.05) is 17.9 Å². The van der Waals surface area contributed by atoms with E-state index in [4.69, 9.17) is 5.11 Å². The Morgan fingerprint density at radius 3 is 2.69 bits per heavy atom. The van der Waals surface area contributed by atoms with Gasteiger partial charge in [-0.15, -0.1) is 0 Å². The highest BCUT2D eigenvalue weighted by Gasteiger charge is 1.96. The standard InChI is InChI=1S/C11H11FO/c1-8-3-5-10(7-11(8)12)6-4-9(2)13/h3,5,7,9,13H,1-2H3. The van der Waals surface area contributed by atoms with Gasteiger partial charge in [0, 0.05) is 5.56 Å². The van der Waals surface area contributed by atoms with Gasteiger partial charge in [0.1, 0.15) is 11.9 Å². The van der Waals surface area contributed by atoms with Gasteiger partial charge in [-0.05, 0) is 31.5 Å². The Bertz CT molecular complexity index is 358. The molecule has 1 rings (SSSR count). The van der Waals surface area contributed by atoms with Crippen molar-refractivity contribution in [3.05, 3.63) is 35.1 Å². The molecule has 0 aliphatic carbocycles. The summed E-state index contributed by atoms with van der Waals surface area (Å²) in [5.41, 5.74) is 1.19. The first-order chi connectivity index (χ1) is 6.09. The lowest BCUT2D eigenvalue weighted by molar-refractivity contribution is 0.253. The van der Waals surface area contributed by atoms with Crippen molar-refractivity contribution in [1.29, 1.82) is 0 Å². The number of benzene rings is 1. The van der Waals surface area contributed by atoms with Crippen LogP contribution < -0.4 is 0 Å². The van der Waals surface area contributed by atoms with Crippen LogP contribution in [0.3, 0.4) is 0 Å². The van der Waals surface area contributed by atoms with Crippen LogP contribution >= 0.6 is 0 Å². The van der Waals surface area contributed by atoms with Gasteiger partial charge in [-0.25, -0.2) is 4.39 Å². The molecular formula is C11H11FO. The maximum absolute atomic E-state index is 13.0. The smallest absolute Gasteiger partial charge is 0.127 e. The van der Waals surface area contributed by atoms with Crippen LogP contribution in [0.5, 0.6) is 0 Å². The van der Waals surface area contributed by atoms with E-state index in [1.807, 2.05) is 0 Å². The van der Waals surface area contributed by atoms with Crippen molar-refractivity contribution in [3.63, 3.8) is 0 Å². The minimum Gasteiger partial charge on any atom is -0.381 e. The first kappa shape index (κ1) is 9.76. The highest BCUT2D eigenvalue weighted by Crippen LogP contribution is 2.07. The molecule has 1 aromatic rings. The van der Waals surface area contributed by atoms with E-state index in [-0.39, 0.29) is 5.82 Å². The molecule has 0 amide bonds. The molecule has 0 saturated heterocycles. The molecule has 0 aliphatic heterocycles. The van der Waals surface area contributed by atoms with Gasteiger partial charge in [0.25, 0.3) is 0 Å². The molecule has 1 atom stereocenters. The van der Waals surface area contributed by atoms with Crippen LogP contribution in [0.1, 0.15) is 18.1 Å². The zero-order valence-corrected chi connectivity index (χ0v) is 7.63. The molecule has 0 spiro atoms. The number of aliphatic hydroxyl groups is 1. The van der Waals surface area contributed by atoms with Gasteiger partial charge in [0.2, 0.25) is 0 Å². The molecule has 68 valence electrons. The van der Waals surface area contributed by atoms with Crippen LogP contribution in [0.25, 0.3) is 0 Å². The normalized spacial score (nSPS) is 11.7. The van der Waals surface area contributed by atoms with E-state index >= 15 is 0 Å². The molecule has 0 aliphatic rings. The Labute approximate surface area is 77.2 Å². The molecule has 0 heterocycles. The number of aryl methyl sites for hydroxylation is 1. The maximum atomic E-state index is 13.0. The number of halogens is 1. The fraction of sp³-hybridized carbons (Fsp3) is 0.273. The van der Waals surface area contributed by atoms with Crippen LogP contribution in [0.4, 0.5) is 4.39 Å². The lowest BCUT2D eigenvalue weighted by atomic mass is 10.1. The average molecular weight is 178 g/mol. The monoisotopic (exact) mass is 178 g/mol. The van der Waals surface area contributed by atoms with Gasteiger partial charge in [-0.3, -0.25) is 0 Å². The van der Waals surface area contributed by atoms with Crippen molar-refractivity contribution >= 4 is 0 Å². The zero-order valence-electron chi connectivity index (χ0n) is 7.63. The number of hydrogen-bond acceptors (Lipinski definition) is 1. The Kier molecular flexibility index (Phi) is 3.05. The van der Waals surface area contributed by atoms with Crippen LogP contribution in [0.15, 0.2) is 18.2 Å². The van der Waals surface area contributed by atoms with Crippen LogP contribution in [0, 0.1) is 24.6 Å². The van der Waals surface area contributed by atoms with E-state index in [1.165, 1.54) is 6.07 Å². The summed E-state index contributed by atoms with van der Waals surface area (Å²) >= 11 is 0. The van der Waals surface area contributed by atoms with Crippen molar-refractivity contribution in [3.8, 4) is 11.8 Å². The SMILES string of the molecule is Cc1ccc(C#CC(C)O)cc1F. The van der Waals surface area contributed by atoms with Crippen molar-refractivity contribution in [1.82, 2.24) is 0 Å². The fourth-order valence-corrected chi connectivity index (χ4v) is 0.858. The molecule has 1 N–H and O–H groups in total. The summed E-state index contributed by atoms with van der Waals surface area (Å²) in [4.78, 5) is 0. The van der Waals surface area contributed by atoms with Gasteiger partial charge >= 0.3 is 0 Å². The van der Waals surface area contributed by atoms with Crippen LogP contribution in [-0.2, 0) is 0 Å². The number of rotatable bonds is 0. The molecule has 13 heavy (non-hydrogen) atoms. The predicted octanol–water partition coefficient (Wildman–Crippen LogP) is 1.87. The average Bonchev–Trinajstić information content (AvgIpc) is 2.07. The lowest BCUT2D eigenvalue weighted by Gasteiger charge is -1.95. The fourth-order valence-electron chi connectivity index (χ4n) is 0.858. The van der Waals surface area contributed by atoms with E-state index in [2.05, 4.69) is 11.8 Å². The molecule has 0 bridgehead atoms. The Balaban J connectivity index is 2.94. The van der Waals surface area contributed by atoms with E-state index in [9.17, 15) is 4.39 Å². The molecular weight excluding hydrogens is 167 g/mol. The van der Waals surface area contributed by atoms with Crippen LogP contribution in [-0.4, -0.2) is 11.2 Å². The molecule has 1 nitrogen and oxygen atoms in total. The molecule has 2 heteroatoms. The predicted molar refractivity (Wildman–Crippen MR) is 49.7 cm³/mol. The molecule has 0 radical (unpaired) electrons. The number of hydrogen-bond donors (Lipinski definition) is 1. The van der Waals surface area contributed by atoms with E-state index in [1.54, 1.807) is 26.0 Å². The second-order valence-corrected chi connectivity index (χ2v) is 2.91. The third kappa shape index (κ3) is 2.89. The Morgan fingerprint density at radius 1 is 1.46 bits per heavy atom. The summed E-state index contributed by atoms with van der Waals surface area (Å²) in [6, 6.07) is 4.76. The largest absolute Gasteiger partial charge is 0.381 e. The Morgan fingerprint density at radius 2 is 2.15 bits per heavy atom. The number of aliphatic hydroxyl groups excluding tert-OH is 1. The van der Waals surface area contributed by atoms with Crippen molar-refractivity contribution < 1.29 is 9.50 Å². The highest BCUT2D eigenvalue weighted by atomic mass is 19.1. The first-order valence-corrected chi connectivity index (χ1v) is 4.05. The van der Waals surface area contributed by atoms with Gasteiger partial charge in [-0.2, -0.15) is 0 Å². The topological polar surface area (TPSA) is 20.2 Å². The van der Waals surface area contributed by atoms with E-state index < -0.39 is 6.10 Å².